The van der Waals surface area contributed by atoms with Crippen molar-refractivity contribution in [2.45, 2.75) is 51.7 Å². The fraction of sp³-hybridized carbons (Fsp3) is 0.917. The molecule has 0 aromatic rings. The van der Waals surface area contributed by atoms with Crippen LogP contribution in [0.15, 0.2) is 0 Å². The minimum Gasteiger partial charge on any atom is -0.373 e. The third kappa shape index (κ3) is 4.49. The molecule has 0 spiro atoms. The highest BCUT2D eigenvalue weighted by Crippen LogP contribution is 2.23. The van der Waals surface area contributed by atoms with Crippen LogP contribution in [-0.2, 0) is 9.53 Å². The van der Waals surface area contributed by atoms with Crippen molar-refractivity contribution in [1.82, 2.24) is 10.6 Å². The highest BCUT2D eigenvalue weighted by molar-refractivity contribution is 5.76. The van der Waals surface area contributed by atoms with E-state index in [-0.39, 0.29) is 17.6 Å². The Bertz CT molecular complexity index is 225. The summed E-state index contributed by atoms with van der Waals surface area (Å²) >= 11 is 0. The fourth-order valence-corrected chi connectivity index (χ4v) is 2.03. The lowest BCUT2D eigenvalue weighted by Crippen LogP contribution is -2.42. The van der Waals surface area contributed by atoms with Crippen molar-refractivity contribution in [1.29, 1.82) is 0 Å². The lowest BCUT2D eigenvalue weighted by atomic mass is 10.0. The number of hydrogen-bond acceptors (Lipinski definition) is 3. The molecule has 1 fully saturated rings. The van der Waals surface area contributed by atoms with Gasteiger partial charge in [0.1, 0.15) is 0 Å². The first-order valence-corrected chi connectivity index (χ1v) is 6.20. The van der Waals surface area contributed by atoms with Gasteiger partial charge >= 0.3 is 0 Å². The van der Waals surface area contributed by atoms with E-state index in [0.29, 0.717) is 13.0 Å². The molecule has 4 heteroatoms. The van der Waals surface area contributed by atoms with Gasteiger partial charge in [0.15, 0.2) is 0 Å². The van der Waals surface area contributed by atoms with Crippen molar-refractivity contribution >= 4 is 5.91 Å². The van der Waals surface area contributed by atoms with Crippen LogP contribution in [-0.4, -0.2) is 37.2 Å². The van der Waals surface area contributed by atoms with E-state index >= 15 is 0 Å². The molecule has 0 saturated carbocycles. The summed E-state index contributed by atoms with van der Waals surface area (Å²) in [5, 5.41) is 6.17. The van der Waals surface area contributed by atoms with Gasteiger partial charge in [0.05, 0.1) is 5.60 Å². The Kier molecular flexibility index (Phi) is 5.22. The first-order valence-electron chi connectivity index (χ1n) is 6.20. The average Bonchev–Trinajstić information content (AvgIpc) is 2.63. The summed E-state index contributed by atoms with van der Waals surface area (Å²) in [7, 11) is 0. The van der Waals surface area contributed by atoms with Gasteiger partial charge in [-0.3, -0.25) is 4.79 Å². The molecule has 1 aliphatic rings. The van der Waals surface area contributed by atoms with E-state index in [1.165, 1.54) is 0 Å². The quantitative estimate of drug-likeness (QED) is 0.714. The highest BCUT2D eigenvalue weighted by Gasteiger charge is 2.29. The van der Waals surface area contributed by atoms with Gasteiger partial charge in [-0.1, -0.05) is 6.92 Å². The minimum absolute atomic E-state index is 0.102. The second kappa shape index (κ2) is 6.21. The lowest BCUT2D eigenvalue weighted by Gasteiger charge is -2.23. The molecule has 0 aliphatic carbocycles. The van der Waals surface area contributed by atoms with Gasteiger partial charge in [-0.2, -0.15) is 0 Å². The van der Waals surface area contributed by atoms with Crippen LogP contribution in [0.3, 0.4) is 0 Å². The summed E-state index contributed by atoms with van der Waals surface area (Å²) in [4.78, 5) is 11.6. The number of nitrogens with one attached hydrogen (secondary N) is 2. The second-order valence-electron chi connectivity index (χ2n) is 4.84. The highest BCUT2D eigenvalue weighted by atomic mass is 16.5. The lowest BCUT2D eigenvalue weighted by molar-refractivity contribution is -0.122. The molecule has 16 heavy (non-hydrogen) atoms. The van der Waals surface area contributed by atoms with E-state index in [0.717, 1.165) is 26.0 Å². The topological polar surface area (TPSA) is 50.4 Å². The molecule has 1 amide bonds. The molecule has 0 bridgehead atoms. The predicted octanol–water partition coefficient (Wildman–Crippen LogP) is 1.06. The fourth-order valence-electron chi connectivity index (χ4n) is 2.03. The zero-order valence-electron chi connectivity index (χ0n) is 10.6. The molecule has 2 N–H and O–H groups in total. The molecule has 0 aromatic heterocycles. The van der Waals surface area contributed by atoms with Gasteiger partial charge in [-0.05, 0) is 33.2 Å². The Morgan fingerprint density at radius 2 is 2.31 bits per heavy atom. The molecule has 0 aromatic carbocycles. The summed E-state index contributed by atoms with van der Waals surface area (Å²) in [5.74, 6) is 0.102. The third-order valence-corrected chi connectivity index (χ3v) is 3.00. The van der Waals surface area contributed by atoms with Gasteiger partial charge in [0.2, 0.25) is 5.91 Å². The number of hydrogen-bond donors (Lipinski definition) is 2. The first-order chi connectivity index (χ1) is 7.56. The van der Waals surface area contributed by atoms with E-state index in [1.54, 1.807) is 0 Å². The van der Waals surface area contributed by atoms with Crippen LogP contribution in [0.25, 0.3) is 0 Å². The third-order valence-electron chi connectivity index (χ3n) is 3.00. The van der Waals surface area contributed by atoms with Gasteiger partial charge < -0.3 is 15.4 Å². The Hall–Kier alpha value is -0.610. The second-order valence-corrected chi connectivity index (χ2v) is 4.84. The van der Waals surface area contributed by atoms with Crippen molar-refractivity contribution in [3.05, 3.63) is 0 Å². The number of ether oxygens (including phenoxy) is 1. The Labute approximate surface area is 98.1 Å². The number of rotatable bonds is 6. The Balaban J connectivity index is 2.19. The average molecular weight is 228 g/mol. The van der Waals surface area contributed by atoms with Crippen LogP contribution >= 0.6 is 0 Å². The summed E-state index contributed by atoms with van der Waals surface area (Å²) < 4.78 is 5.61. The predicted molar refractivity (Wildman–Crippen MR) is 64.4 cm³/mol. The van der Waals surface area contributed by atoms with Crippen molar-refractivity contribution in [2.75, 3.05) is 19.7 Å². The molecule has 4 nitrogen and oxygen atoms in total. The minimum atomic E-state index is -0.142. The summed E-state index contributed by atoms with van der Waals surface area (Å²) in [6, 6.07) is 0.238. The Morgan fingerprint density at radius 3 is 2.88 bits per heavy atom. The normalized spacial score (nSPS) is 26.7. The smallest absolute Gasteiger partial charge is 0.221 e. The van der Waals surface area contributed by atoms with Crippen LogP contribution < -0.4 is 10.6 Å². The zero-order chi connectivity index (χ0) is 12.0. The zero-order valence-corrected chi connectivity index (χ0v) is 10.6. The standard InChI is InChI=1S/C12H24N2O2/c1-4-13-10(2)8-11(15)14-9-12(3)6-5-7-16-12/h10,13H,4-9H2,1-3H3,(H,14,15). The molecular formula is C12H24N2O2. The Morgan fingerprint density at radius 1 is 1.56 bits per heavy atom. The largest absolute Gasteiger partial charge is 0.373 e. The molecule has 2 unspecified atom stereocenters. The maximum Gasteiger partial charge on any atom is 0.221 e. The molecule has 1 heterocycles. The molecule has 0 radical (unpaired) electrons. The molecule has 1 saturated heterocycles. The van der Waals surface area contributed by atoms with E-state index < -0.39 is 0 Å². The van der Waals surface area contributed by atoms with Gasteiger partial charge in [-0.15, -0.1) is 0 Å². The number of carbonyl (C=O) groups is 1. The number of carbonyl (C=O) groups excluding carboxylic acids is 1. The summed E-state index contributed by atoms with van der Waals surface area (Å²) in [6.07, 6.45) is 2.67. The van der Waals surface area contributed by atoms with E-state index in [2.05, 4.69) is 17.6 Å². The summed E-state index contributed by atoms with van der Waals surface area (Å²) in [6.45, 7) is 8.48. The van der Waals surface area contributed by atoms with E-state index in [4.69, 9.17) is 4.74 Å². The van der Waals surface area contributed by atoms with E-state index in [9.17, 15) is 4.79 Å². The van der Waals surface area contributed by atoms with Crippen molar-refractivity contribution in [3.8, 4) is 0 Å². The van der Waals surface area contributed by atoms with E-state index in [1.807, 2.05) is 13.8 Å². The van der Waals surface area contributed by atoms with Gasteiger partial charge in [0, 0.05) is 25.6 Å². The van der Waals surface area contributed by atoms with Crippen molar-refractivity contribution < 1.29 is 9.53 Å². The molecular weight excluding hydrogens is 204 g/mol. The molecule has 1 rings (SSSR count). The number of amides is 1. The maximum atomic E-state index is 11.6. The van der Waals surface area contributed by atoms with Crippen molar-refractivity contribution in [3.63, 3.8) is 0 Å². The van der Waals surface area contributed by atoms with Crippen LogP contribution in [0.5, 0.6) is 0 Å². The van der Waals surface area contributed by atoms with Crippen LogP contribution in [0.4, 0.5) is 0 Å². The van der Waals surface area contributed by atoms with Crippen LogP contribution in [0.2, 0.25) is 0 Å². The molecule has 2 atom stereocenters. The molecule has 1 aliphatic heterocycles. The SMILES string of the molecule is CCNC(C)CC(=O)NCC1(C)CCCO1. The summed E-state index contributed by atoms with van der Waals surface area (Å²) in [5.41, 5.74) is -0.142. The first kappa shape index (κ1) is 13.5. The maximum absolute atomic E-state index is 11.6. The van der Waals surface area contributed by atoms with Crippen LogP contribution in [0, 0.1) is 0 Å². The monoisotopic (exact) mass is 228 g/mol. The van der Waals surface area contributed by atoms with Gasteiger partial charge in [0.25, 0.3) is 0 Å². The van der Waals surface area contributed by atoms with Crippen molar-refractivity contribution in [2.24, 2.45) is 0 Å². The molecule has 94 valence electrons. The van der Waals surface area contributed by atoms with Crippen LogP contribution in [0.1, 0.15) is 40.0 Å². The van der Waals surface area contributed by atoms with Gasteiger partial charge in [-0.25, -0.2) is 0 Å².